The van der Waals surface area contributed by atoms with Crippen LogP contribution >= 0.6 is 11.8 Å². The molecule has 30 heavy (non-hydrogen) atoms. The maximum atomic E-state index is 12.4. The number of thioether (sulfide) groups is 1. The largest absolute Gasteiger partial charge is 0.485 e. The maximum Gasteiger partial charge on any atom is 0.234 e. The van der Waals surface area contributed by atoms with E-state index in [1.807, 2.05) is 69.5 Å². The highest BCUT2D eigenvalue weighted by atomic mass is 32.2. The van der Waals surface area contributed by atoms with Crippen LogP contribution in [0, 0.1) is 27.7 Å². The highest BCUT2D eigenvalue weighted by Crippen LogP contribution is 2.24. The molecular weight excluding hydrogens is 396 g/mol. The molecule has 1 N–H and O–H groups in total. The molecule has 0 unspecified atom stereocenters. The smallest absolute Gasteiger partial charge is 0.234 e. The molecule has 3 aromatic rings. The van der Waals surface area contributed by atoms with Crippen molar-refractivity contribution in [1.29, 1.82) is 0 Å². The summed E-state index contributed by atoms with van der Waals surface area (Å²) in [6, 6.07) is 12.1. The molecule has 3 rings (SSSR count). The second kappa shape index (κ2) is 9.80. The Hall–Kier alpha value is -2.80. The van der Waals surface area contributed by atoms with E-state index in [1.165, 1.54) is 11.8 Å². The molecule has 2 aromatic carbocycles. The van der Waals surface area contributed by atoms with Crippen molar-refractivity contribution < 1.29 is 9.53 Å². The minimum atomic E-state index is -0.0658. The Morgan fingerprint density at radius 2 is 1.73 bits per heavy atom. The molecule has 6 nitrogen and oxygen atoms in total. The first-order chi connectivity index (χ1) is 14.4. The van der Waals surface area contributed by atoms with Crippen molar-refractivity contribution in [2.75, 3.05) is 11.1 Å². The molecular formula is C23H28N4O2S. The van der Waals surface area contributed by atoms with Gasteiger partial charge in [-0.05, 0) is 69.0 Å². The molecule has 0 saturated heterocycles. The van der Waals surface area contributed by atoms with Crippen LogP contribution in [-0.4, -0.2) is 26.4 Å². The van der Waals surface area contributed by atoms with Gasteiger partial charge in [0.2, 0.25) is 5.91 Å². The average molecular weight is 425 g/mol. The van der Waals surface area contributed by atoms with Crippen LogP contribution < -0.4 is 10.1 Å². The van der Waals surface area contributed by atoms with Crippen molar-refractivity contribution in [2.24, 2.45) is 0 Å². The first kappa shape index (κ1) is 21.9. The standard InChI is InChI=1S/C23H28N4O2S/c1-6-27-20(13-29-22-17(4)8-7-9-18(22)5)25-26-23(27)30-14-21(28)24-19-11-15(2)10-16(3)12-19/h7-12H,6,13-14H2,1-5H3,(H,24,28). The van der Waals surface area contributed by atoms with Crippen LogP contribution in [-0.2, 0) is 17.9 Å². The van der Waals surface area contributed by atoms with Gasteiger partial charge in [0.05, 0.1) is 5.75 Å². The van der Waals surface area contributed by atoms with E-state index < -0.39 is 0 Å². The number of carbonyl (C=O) groups excluding carboxylic acids is 1. The molecule has 0 radical (unpaired) electrons. The number of nitrogens with one attached hydrogen (secondary N) is 1. The number of rotatable bonds is 8. The van der Waals surface area contributed by atoms with Gasteiger partial charge in [-0.2, -0.15) is 0 Å². The molecule has 0 aliphatic heterocycles. The summed E-state index contributed by atoms with van der Waals surface area (Å²) in [6.07, 6.45) is 0. The predicted octanol–water partition coefficient (Wildman–Crippen LogP) is 4.84. The summed E-state index contributed by atoms with van der Waals surface area (Å²) in [5, 5.41) is 12.2. The number of hydrogen-bond donors (Lipinski definition) is 1. The van der Waals surface area contributed by atoms with E-state index >= 15 is 0 Å². The Balaban J connectivity index is 1.62. The van der Waals surface area contributed by atoms with Gasteiger partial charge >= 0.3 is 0 Å². The number of carbonyl (C=O) groups is 1. The molecule has 0 fully saturated rings. The number of para-hydroxylation sites is 1. The third kappa shape index (κ3) is 5.42. The van der Waals surface area contributed by atoms with Gasteiger partial charge in [-0.25, -0.2) is 0 Å². The lowest BCUT2D eigenvalue weighted by Gasteiger charge is -2.12. The second-order valence-electron chi connectivity index (χ2n) is 7.37. The van der Waals surface area contributed by atoms with Crippen LogP contribution in [0.15, 0.2) is 41.6 Å². The molecule has 7 heteroatoms. The molecule has 158 valence electrons. The van der Waals surface area contributed by atoms with Crippen molar-refractivity contribution in [3.05, 3.63) is 64.5 Å². The van der Waals surface area contributed by atoms with Gasteiger partial charge in [-0.15, -0.1) is 10.2 Å². The molecule has 1 heterocycles. The lowest BCUT2D eigenvalue weighted by molar-refractivity contribution is -0.113. The lowest BCUT2D eigenvalue weighted by Crippen LogP contribution is -2.15. The van der Waals surface area contributed by atoms with Gasteiger partial charge in [-0.1, -0.05) is 36.0 Å². The number of hydrogen-bond acceptors (Lipinski definition) is 5. The Bertz CT molecular complexity index is 1010. The van der Waals surface area contributed by atoms with E-state index in [1.54, 1.807) is 0 Å². The number of aryl methyl sites for hydroxylation is 4. The van der Waals surface area contributed by atoms with Crippen LogP contribution in [0.4, 0.5) is 5.69 Å². The number of benzene rings is 2. The number of ether oxygens (including phenoxy) is 1. The fourth-order valence-corrected chi connectivity index (χ4v) is 4.21. The van der Waals surface area contributed by atoms with E-state index in [4.69, 9.17) is 4.74 Å². The Morgan fingerprint density at radius 1 is 1.07 bits per heavy atom. The number of nitrogens with zero attached hydrogens (tertiary/aromatic N) is 3. The van der Waals surface area contributed by atoms with Crippen LogP contribution in [0.25, 0.3) is 0 Å². The zero-order valence-corrected chi connectivity index (χ0v) is 19.0. The maximum absolute atomic E-state index is 12.4. The van der Waals surface area contributed by atoms with Gasteiger partial charge in [0.25, 0.3) is 0 Å². The van der Waals surface area contributed by atoms with Gasteiger partial charge in [0.1, 0.15) is 12.4 Å². The van der Waals surface area contributed by atoms with Gasteiger partial charge in [-0.3, -0.25) is 4.79 Å². The van der Waals surface area contributed by atoms with Gasteiger partial charge in [0, 0.05) is 12.2 Å². The zero-order chi connectivity index (χ0) is 21.7. The summed E-state index contributed by atoms with van der Waals surface area (Å²) >= 11 is 1.38. The van der Waals surface area contributed by atoms with Crippen LogP contribution in [0.3, 0.4) is 0 Å². The summed E-state index contributed by atoms with van der Waals surface area (Å²) in [7, 11) is 0. The molecule has 1 amide bonds. The van der Waals surface area contributed by atoms with E-state index in [9.17, 15) is 4.79 Å². The average Bonchev–Trinajstić information content (AvgIpc) is 3.07. The molecule has 0 aliphatic carbocycles. The second-order valence-corrected chi connectivity index (χ2v) is 8.31. The number of aromatic nitrogens is 3. The quantitative estimate of drug-likeness (QED) is 0.524. The van der Waals surface area contributed by atoms with Crippen molar-refractivity contribution in [3.63, 3.8) is 0 Å². The van der Waals surface area contributed by atoms with Crippen molar-refractivity contribution >= 4 is 23.4 Å². The molecule has 0 spiro atoms. The highest BCUT2D eigenvalue weighted by molar-refractivity contribution is 7.99. The molecule has 1 aromatic heterocycles. The molecule has 0 aliphatic rings. The van der Waals surface area contributed by atoms with Gasteiger partial charge < -0.3 is 14.6 Å². The fraction of sp³-hybridized carbons (Fsp3) is 0.348. The fourth-order valence-electron chi connectivity index (χ4n) is 3.39. The SMILES string of the molecule is CCn1c(COc2c(C)cccc2C)nnc1SCC(=O)Nc1cc(C)cc(C)c1. The zero-order valence-electron chi connectivity index (χ0n) is 18.2. The minimum Gasteiger partial charge on any atom is -0.485 e. The summed E-state index contributed by atoms with van der Waals surface area (Å²) in [6.45, 7) is 11.2. The number of anilines is 1. The predicted molar refractivity (Wildman–Crippen MR) is 121 cm³/mol. The first-order valence-corrected chi connectivity index (χ1v) is 11.0. The topological polar surface area (TPSA) is 69.0 Å². The summed E-state index contributed by atoms with van der Waals surface area (Å²) in [4.78, 5) is 12.4. The Kier molecular flexibility index (Phi) is 7.15. The van der Waals surface area contributed by atoms with Crippen LogP contribution in [0.1, 0.15) is 35.0 Å². The third-order valence-corrected chi connectivity index (χ3v) is 5.67. The Labute approximate surface area is 182 Å². The monoisotopic (exact) mass is 424 g/mol. The minimum absolute atomic E-state index is 0.0658. The van der Waals surface area contributed by atoms with Gasteiger partial charge in [0.15, 0.2) is 11.0 Å². The normalized spacial score (nSPS) is 10.8. The van der Waals surface area contributed by atoms with Crippen molar-refractivity contribution in [2.45, 2.75) is 52.9 Å². The summed E-state index contributed by atoms with van der Waals surface area (Å²) < 4.78 is 8.01. The van der Waals surface area contributed by atoms with Crippen LogP contribution in [0.5, 0.6) is 5.75 Å². The van der Waals surface area contributed by atoms with E-state index in [0.29, 0.717) is 18.3 Å². The van der Waals surface area contributed by atoms with E-state index in [-0.39, 0.29) is 11.7 Å². The molecule has 0 atom stereocenters. The van der Waals surface area contributed by atoms with E-state index in [2.05, 4.69) is 21.6 Å². The van der Waals surface area contributed by atoms with Crippen molar-refractivity contribution in [1.82, 2.24) is 14.8 Å². The van der Waals surface area contributed by atoms with Crippen molar-refractivity contribution in [3.8, 4) is 5.75 Å². The molecule has 0 bridgehead atoms. The first-order valence-electron chi connectivity index (χ1n) is 9.99. The third-order valence-electron chi connectivity index (χ3n) is 4.70. The highest BCUT2D eigenvalue weighted by Gasteiger charge is 2.15. The number of amides is 1. The lowest BCUT2D eigenvalue weighted by atomic mass is 10.1. The van der Waals surface area contributed by atoms with Crippen LogP contribution in [0.2, 0.25) is 0 Å². The summed E-state index contributed by atoms with van der Waals surface area (Å²) in [5.41, 5.74) is 5.25. The molecule has 0 saturated carbocycles. The van der Waals surface area contributed by atoms with E-state index in [0.717, 1.165) is 39.5 Å². The Morgan fingerprint density at radius 3 is 2.37 bits per heavy atom. The summed E-state index contributed by atoms with van der Waals surface area (Å²) in [5.74, 6) is 1.83.